The van der Waals surface area contributed by atoms with Crippen molar-refractivity contribution in [3.63, 3.8) is 0 Å². The van der Waals surface area contributed by atoms with E-state index < -0.39 is 47.3 Å². The lowest BCUT2D eigenvalue weighted by atomic mass is 9.99. The van der Waals surface area contributed by atoms with Crippen molar-refractivity contribution in [3.05, 3.63) is 65.7 Å². The van der Waals surface area contributed by atoms with Crippen molar-refractivity contribution in [3.8, 4) is 0 Å². The summed E-state index contributed by atoms with van der Waals surface area (Å²) in [6, 6.07) is 15.7. The van der Waals surface area contributed by atoms with E-state index in [-0.39, 0.29) is 30.3 Å². The first kappa shape index (κ1) is 26.2. The Bertz CT molecular complexity index is 1040. The third-order valence-electron chi connectivity index (χ3n) is 5.35. The molecule has 0 saturated carbocycles. The average molecular weight is 495 g/mol. The second kappa shape index (κ2) is 11.8. The number of aliphatic imine (C=N–C) groups is 1. The molecule has 1 saturated heterocycles. The number of hydrogen-bond acceptors (Lipinski definition) is 9. The molecule has 0 bridgehead atoms. The van der Waals surface area contributed by atoms with Crippen LogP contribution in [0.15, 0.2) is 64.5 Å². The maximum atomic E-state index is 12.9. The summed E-state index contributed by atoms with van der Waals surface area (Å²) in [5, 5.41) is 39.2. The van der Waals surface area contributed by atoms with E-state index in [0.29, 0.717) is 0 Å². The van der Waals surface area contributed by atoms with E-state index in [2.05, 4.69) is 9.71 Å². The molecule has 1 aliphatic heterocycles. The molecule has 3 rings (SSSR count). The maximum absolute atomic E-state index is 12.9. The highest BCUT2D eigenvalue weighted by Gasteiger charge is 2.43. The predicted molar refractivity (Wildman–Crippen MR) is 123 cm³/mol. The molecule has 2 aromatic rings. The van der Waals surface area contributed by atoms with Crippen molar-refractivity contribution in [1.82, 2.24) is 4.72 Å². The molecule has 0 radical (unpaired) electrons. The largest absolute Gasteiger partial charge is 0.394 e. The number of nitrogens with one attached hydrogen (secondary N) is 1. The Labute approximate surface area is 198 Å². The van der Waals surface area contributed by atoms with Crippen LogP contribution >= 0.6 is 0 Å². The van der Waals surface area contributed by atoms with Gasteiger partial charge in [0.2, 0.25) is 0 Å². The molecule has 0 unspecified atom stereocenters. The molecule has 34 heavy (non-hydrogen) atoms. The van der Waals surface area contributed by atoms with E-state index in [9.17, 15) is 28.8 Å². The second-order valence-electron chi connectivity index (χ2n) is 7.99. The van der Waals surface area contributed by atoms with Gasteiger partial charge in [0.1, 0.15) is 30.3 Å². The smallest absolute Gasteiger partial charge is 0.262 e. The van der Waals surface area contributed by atoms with Crippen molar-refractivity contribution < 1.29 is 38.3 Å². The topological polar surface area (TPSA) is 158 Å². The minimum absolute atomic E-state index is 0.0208. The molecule has 0 amide bonds. The zero-order chi connectivity index (χ0) is 24.7. The summed E-state index contributed by atoms with van der Waals surface area (Å²) in [5.41, 5.74) is 1.80. The molecule has 1 heterocycles. The van der Waals surface area contributed by atoms with Crippen LogP contribution in [0.25, 0.3) is 0 Å². The van der Waals surface area contributed by atoms with Crippen LogP contribution in [0, 0.1) is 6.92 Å². The number of hydrogen-bond donors (Lipinski definition) is 5. The molecule has 186 valence electrons. The van der Waals surface area contributed by atoms with Gasteiger partial charge in [-0.05, 0) is 24.6 Å². The van der Waals surface area contributed by atoms with Gasteiger partial charge in [-0.15, -0.1) is 0 Å². The van der Waals surface area contributed by atoms with Gasteiger partial charge < -0.3 is 29.9 Å². The summed E-state index contributed by atoms with van der Waals surface area (Å²) >= 11 is 0. The van der Waals surface area contributed by atoms with Gasteiger partial charge in [-0.25, -0.2) is 8.42 Å². The summed E-state index contributed by atoms with van der Waals surface area (Å²) in [6.07, 6.45) is -7.01. The number of ether oxygens (including phenoxy) is 2. The molecule has 1 aliphatic rings. The van der Waals surface area contributed by atoms with Crippen LogP contribution in [-0.4, -0.2) is 78.6 Å². The summed E-state index contributed by atoms with van der Waals surface area (Å²) in [6.45, 7) is 1.39. The number of nitrogens with zero attached hydrogens (tertiary/aromatic N) is 1. The molecule has 5 N–H and O–H groups in total. The molecule has 5 atom stereocenters. The van der Waals surface area contributed by atoms with Gasteiger partial charge in [-0.1, -0.05) is 48.0 Å². The van der Waals surface area contributed by atoms with E-state index in [1.165, 1.54) is 12.1 Å². The second-order valence-corrected chi connectivity index (χ2v) is 9.67. The number of benzene rings is 2. The maximum Gasteiger partial charge on any atom is 0.262 e. The number of aryl methyl sites for hydroxylation is 1. The zero-order valence-electron chi connectivity index (χ0n) is 18.7. The highest BCUT2D eigenvalue weighted by atomic mass is 32.2. The van der Waals surface area contributed by atoms with Crippen molar-refractivity contribution in [2.45, 2.75) is 55.5 Å². The molecule has 2 aromatic carbocycles. The third kappa shape index (κ3) is 6.83. The normalized spacial score (nSPS) is 25.8. The number of aliphatic hydroxyl groups is 4. The summed E-state index contributed by atoms with van der Waals surface area (Å²) in [4.78, 5) is 4.48. The van der Waals surface area contributed by atoms with Crippen LogP contribution < -0.4 is 4.72 Å². The van der Waals surface area contributed by atoms with Gasteiger partial charge in [0.05, 0.1) is 24.7 Å². The van der Waals surface area contributed by atoms with Gasteiger partial charge in [0, 0.05) is 6.42 Å². The van der Waals surface area contributed by atoms with Crippen molar-refractivity contribution in [2.24, 2.45) is 4.99 Å². The molecule has 11 heteroatoms. The monoisotopic (exact) mass is 494 g/mol. The Balaban J connectivity index is 1.70. The number of aliphatic hydroxyl groups excluding tert-OH is 4. The first-order chi connectivity index (χ1) is 16.2. The molecule has 1 fully saturated rings. The van der Waals surface area contributed by atoms with E-state index in [0.717, 1.165) is 11.1 Å². The highest BCUT2D eigenvalue weighted by molar-refractivity contribution is 7.90. The van der Waals surface area contributed by atoms with E-state index in [1.54, 1.807) is 12.1 Å². The first-order valence-electron chi connectivity index (χ1n) is 10.8. The average Bonchev–Trinajstić information content (AvgIpc) is 2.83. The predicted octanol–water partition coefficient (Wildman–Crippen LogP) is 0.0786. The third-order valence-corrected chi connectivity index (χ3v) is 6.75. The SMILES string of the molecule is Cc1ccc(S(=O)(=O)NC(CCO[C@@H]2O[C@H](CO)[C@@H](O)[C@H](O)[C@H]2O)=NCc2ccccc2)cc1. The quantitative estimate of drug-likeness (QED) is 0.242. The Morgan fingerprint density at radius 2 is 1.71 bits per heavy atom. The molecule has 0 aliphatic carbocycles. The van der Waals surface area contributed by atoms with E-state index >= 15 is 0 Å². The minimum atomic E-state index is -3.90. The van der Waals surface area contributed by atoms with E-state index in [1.807, 2.05) is 37.3 Å². The fraction of sp³-hybridized carbons (Fsp3) is 0.435. The molecule has 0 spiro atoms. The van der Waals surface area contributed by atoms with Crippen molar-refractivity contribution in [1.29, 1.82) is 0 Å². The van der Waals surface area contributed by atoms with Crippen LogP contribution in [-0.2, 0) is 26.0 Å². The van der Waals surface area contributed by atoms with Crippen LogP contribution in [0.1, 0.15) is 17.5 Å². The Morgan fingerprint density at radius 3 is 2.35 bits per heavy atom. The van der Waals surface area contributed by atoms with Crippen LogP contribution in [0.3, 0.4) is 0 Å². The number of rotatable bonds is 9. The molecule has 0 aromatic heterocycles. The van der Waals surface area contributed by atoms with Gasteiger partial charge in [0.15, 0.2) is 6.29 Å². The summed E-state index contributed by atoms with van der Waals surface area (Å²) < 4.78 is 39.0. The Kier molecular flexibility index (Phi) is 9.14. The van der Waals surface area contributed by atoms with Gasteiger partial charge >= 0.3 is 0 Å². The fourth-order valence-electron chi connectivity index (χ4n) is 3.34. The number of amidine groups is 1. The zero-order valence-corrected chi connectivity index (χ0v) is 19.5. The fourth-order valence-corrected chi connectivity index (χ4v) is 4.43. The lowest BCUT2D eigenvalue weighted by Crippen LogP contribution is -2.59. The molecular weight excluding hydrogens is 464 g/mol. The van der Waals surface area contributed by atoms with Crippen LogP contribution in [0.2, 0.25) is 0 Å². The standard InChI is InChI=1S/C23H30N2O8S/c1-15-7-9-17(10-8-15)34(30,31)25-19(24-13-16-5-3-2-4-6-16)11-12-32-23-22(29)21(28)20(27)18(14-26)33-23/h2-10,18,20-23,26-29H,11-14H2,1H3,(H,24,25)/t18-,20-,21+,22-,23-/m1/s1. The van der Waals surface area contributed by atoms with Gasteiger partial charge in [0.25, 0.3) is 10.0 Å². The summed E-state index contributed by atoms with van der Waals surface area (Å²) in [5.74, 6) is 0.133. The Hall–Kier alpha value is -2.38. The lowest BCUT2D eigenvalue weighted by molar-refractivity contribution is -0.300. The van der Waals surface area contributed by atoms with E-state index in [4.69, 9.17) is 9.47 Å². The van der Waals surface area contributed by atoms with Crippen molar-refractivity contribution in [2.75, 3.05) is 13.2 Å². The van der Waals surface area contributed by atoms with Crippen molar-refractivity contribution >= 4 is 15.9 Å². The van der Waals surface area contributed by atoms with Gasteiger partial charge in [-0.2, -0.15) is 0 Å². The van der Waals surface area contributed by atoms with Gasteiger partial charge in [-0.3, -0.25) is 9.71 Å². The minimum Gasteiger partial charge on any atom is -0.394 e. The number of sulfonamides is 1. The van der Waals surface area contributed by atoms with Crippen LogP contribution in [0.5, 0.6) is 0 Å². The highest BCUT2D eigenvalue weighted by Crippen LogP contribution is 2.22. The molecule has 10 nitrogen and oxygen atoms in total. The Morgan fingerprint density at radius 1 is 1.03 bits per heavy atom. The molecular formula is C23H30N2O8S. The lowest BCUT2D eigenvalue weighted by Gasteiger charge is -2.39. The summed E-state index contributed by atoms with van der Waals surface area (Å²) in [7, 11) is -3.90. The van der Waals surface area contributed by atoms with Crippen LogP contribution in [0.4, 0.5) is 0 Å². The first-order valence-corrected chi connectivity index (χ1v) is 12.3.